The van der Waals surface area contributed by atoms with Crippen LogP contribution in [0, 0.1) is 6.92 Å². The molecule has 0 bridgehead atoms. The van der Waals surface area contributed by atoms with E-state index in [0.29, 0.717) is 17.3 Å². The zero-order valence-electron chi connectivity index (χ0n) is 15.2. The van der Waals surface area contributed by atoms with Crippen molar-refractivity contribution in [3.8, 4) is 22.9 Å². The van der Waals surface area contributed by atoms with Crippen molar-refractivity contribution in [3.63, 3.8) is 0 Å². The number of benzene rings is 1. The number of rotatable bonds is 6. The molecule has 0 fully saturated rings. The van der Waals surface area contributed by atoms with Gasteiger partial charge in [-0.3, -0.25) is 0 Å². The van der Waals surface area contributed by atoms with Crippen LogP contribution >= 0.6 is 0 Å². The topological polar surface area (TPSA) is 92.0 Å². The first kappa shape index (κ1) is 18.2. The number of carbonyl (C=O) groups excluding carboxylic acids is 1. The number of nitrogens with zero attached hydrogens (tertiary/aromatic N) is 5. The van der Waals surface area contributed by atoms with Gasteiger partial charge in [-0.15, -0.1) is 5.10 Å². The Bertz CT molecular complexity index is 951. The summed E-state index contributed by atoms with van der Waals surface area (Å²) >= 11 is 0. The molecule has 0 unspecified atom stereocenters. The Labute approximate surface area is 156 Å². The average Bonchev–Trinajstić information content (AvgIpc) is 3.09. The van der Waals surface area contributed by atoms with E-state index in [2.05, 4.69) is 20.1 Å². The summed E-state index contributed by atoms with van der Waals surface area (Å²) in [6, 6.07) is 5.68. The van der Waals surface area contributed by atoms with Crippen molar-refractivity contribution in [2.45, 2.75) is 26.9 Å². The van der Waals surface area contributed by atoms with Crippen molar-refractivity contribution < 1.29 is 14.3 Å². The van der Waals surface area contributed by atoms with Crippen molar-refractivity contribution in [3.05, 3.63) is 54.9 Å². The van der Waals surface area contributed by atoms with Crippen molar-refractivity contribution >= 4 is 12.2 Å². The third kappa shape index (κ3) is 5.21. The molecule has 1 aromatic carbocycles. The number of esters is 1. The Morgan fingerprint density at radius 1 is 1.15 bits per heavy atom. The van der Waals surface area contributed by atoms with Gasteiger partial charge in [0.25, 0.3) is 0 Å². The van der Waals surface area contributed by atoms with E-state index in [1.807, 2.05) is 25.1 Å². The van der Waals surface area contributed by atoms with Gasteiger partial charge in [0.15, 0.2) is 11.6 Å². The smallest absolute Gasteiger partial charge is 0.332 e. The molecule has 0 radical (unpaired) electrons. The van der Waals surface area contributed by atoms with Crippen LogP contribution in [0.4, 0.5) is 0 Å². The Balaban J connectivity index is 1.78. The minimum absolute atomic E-state index is 0.172. The van der Waals surface area contributed by atoms with E-state index in [9.17, 15) is 4.79 Å². The van der Waals surface area contributed by atoms with Crippen LogP contribution in [0.25, 0.3) is 17.6 Å². The number of hydrogen-bond donors (Lipinski definition) is 0. The Morgan fingerprint density at radius 2 is 1.93 bits per heavy atom. The molecule has 0 aliphatic rings. The molecule has 0 amide bonds. The summed E-state index contributed by atoms with van der Waals surface area (Å²) in [7, 11) is 0. The third-order valence-electron chi connectivity index (χ3n) is 3.31. The zero-order chi connectivity index (χ0) is 19.2. The number of aromatic nitrogens is 5. The maximum atomic E-state index is 11.6. The van der Waals surface area contributed by atoms with Crippen molar-refractivity contribution in [2.75, 3.05) is 0 Å². The molecule has 27 heavy (non-hydrogen) atoms. The van der Waals surface area contributed by atoms with Gasteiger partial charge in [-0.2, -0.15) is 0 Å². The molecule has 2 aromatic heterocycles. The van der Waals surface area contributed by atoms with E-state index in [4.69, 9.17) is 9.47 Å². The lowest BCUT2D eigenvalue weighted by molar-refractivity contribution is -0.141. The highest BCUT2D eigenvalue weighted by Crippen LogP contribution is 2.26. The molecule has 8 heteroatoms. The summed E-state index contributed by atoms with van der Waals surface area (Å²) in [5.41, 5.74) is 1.78. The number of aryl methyl sites for hydroxylation is 1. The van der Waals surface area contributed by atoms with Crippen LogP contribution < -0.4 is 4.74 Å². The molecule has 0 aliphatic carbocycles. The monoisotopic (exact) mass is 365 g/mol. The highest BCUT2D eigenvalue weighted by Gasteiger charge is 2.08. The second-order valence-corrected chi connectivity index (χ2v) is 6.06. The average molecular weight is 365 g/mol. The van der Waals surface area contributed by atoms with Crippen LogP contribution in [-0.4, -0.2) is 36.8 Å². The number of carbonyl (C=O) groups is 1. The molecular formula is C19H19N5O3. The highest BCUT2D eigenvalue weighted by atomic mass is 16.5. The number of hydrogen-bond acceptors (Lipinski definition) is 7. The van der Waals surface area contributed by atoms with E-state index in [-0.39, 0.29) is 6.10 Å². The maximum absolute atomic E-state index is 11.6. The standard InChI is InChI=1S/C19H19N5O3/c1-13(2)26-18(25)4-5-24-12-22-19(23-24)15-6-14(3)7-16(8-15)27-17-9-20-11-21-10-17/h4-13H,1-3H3/b5-4-. The van der Waals surface area contributed by atoms with E-state index in [1.165, 1.54) is 29.6 Å². The molecule has 0 atom stereocenters. The quantitative estimate of drug-likeness (QED) is 0.489. The van der Waals surface area contributed by atoms with E-state index in [0.717, 1.165) is 11.1 Å². The van der Waals surface area contributed by atoms with Gasteiger partial charge in [-0.05, 0) is 44.5 Å². The second kappa shape index (κ2) is 8.22. The van der Waals surface area contributed by atoms with Crippen LogP contribution in [0.15, 0.2) is 49.3 Å². The minimum atomic E-state index is -0.432. The lowest BCUT2D eigenvalue weighted by Gasteiger charge is -2.07. The van der Waals surface area contributed by atoms with Gasteiger partial charge < -0.3 is 9.47 Å². The van der Waals surface area contributed by atoms with Crippen LogP contribution in [0.2, 0.25) is 0 Å². The van der Waals surface area contributed by atoms with Crippen LogP contribution in [0.1, 0.15) is 19.4 Å². The SMILES string of the molecule is Cc1cc(Oc2cncnc2)cc(-c2ncn(/C=C\C(=O)OC(C)C)n2)c1. The van der Waals surface area contributed by atoms with Gasteiger partial charge in [0.2, 0.25) is 0 Å². The molecule has 3 rings (SSSR count). The third-order valence-corrected chi connectivity index (χ3v) is 3.31. The summed E-state index contributed by atoms with van der Waals surface area (Å²) in [6.45, 7) is 5.53. The summed E-state index contributed by atoms with van der Waals surface area (Å²) in [5.74, 6) is 1.25. The molecule has 2 heterocycles. The predicted molar refractivity (Wildman–Crippen MR) is 98.9 cm³/mol. The molecule has 0 N–H and O–H groups in total. The molecule has 138 valence electrons. The molecular weight excluding hydrogens is 346 g/mol. The fourth-order valence-electron chi connectivity index (χ4n) is 2.30. The first-order chi connectivity index (χ1) is 13.0. The number of ether oxygens (including phenoxy) is 2. The summed E-state index contributed by atoms with van der Waals surface area (Å²) < 4.78 is 12.3. The molecule has 8 nitrogen and oxygen atoms in total. The Morgan fingerprint density at radius 3 is 2.67 bits per heavy atom. The van der Waals surface area contributed by atoms with Crippen molar-refractivity contribution in [1.82, 2.24) is 24.7 Å². The van der Waals surface area contributed by atoms with Gasteiger partial charge in [0, 0.05) is 17.8 Å². The van der Waals surface area contributed by atoms with Crippen molar-refractivity contribution in [2.24, 2.45) is 0 Å². The summed E-state index contributed by atoms with van der Waals surface area (Å²) in [5, 5.41) is 4.35. The van der Waals surface area contributed by atoms with Gasteiger partial charge in [-0.1, -0.05) is 0 Å². The molecule has 0 saturated carbocycles. The lowest BCUT2D eigenvalue weighted by atomic mass is 10.1. The van der Waals surface area contributed by atoms with Gasteiger partial charge in [0.1, 0.15) is 18.4 Å². The van der Waals surface area contributed by atoms with E-state index in [1.54, 1.807) is 26.2 Å². The minimum Gasteiger partial charge on any atom is -0.460 e. The summed E-state index contributed by atoms with van der Waals surface area (Å²) in [6.07, 6.45) is 8.76. The largest absolute Gasteiger partial charge is 0.460 e. The van der Waals surface area contributed by atoms with Crippen molar-refractivity contribution in [1.29, 1.82) is 0 Å². The van der Waals surface area contributed by atoms with E-state index >= 15 is 0 Å². The Kier molecular flexibility index (Phi) is 5.55. The molecule has 0 spiro atoms. The van der Waals surface area contributed by atoms with Gasteiger partial charge >= 0.3 is 5.97 Å². The fraction of sp³-hybridized carbons (Fsp3) is 0.211. The zero-order valence-corrected chi connectivity index (χ0v) is 15.2. The van der Waals surface area contributed by atoms with Crippen LogP contribution in [0.3, 0.4) is 0 Å². The highest BCUT2D eigenvalue weighted by molar-refractivity contribution is 5.85. The first-order valence-corrected chi connectivity index (χ1v) is 8.34. The van der Waals surface area contributed by atoms with Gasteiger partial charge in [-0.25, -0.2) is 24.4 Å². The fourth-order valence-corrected chi connectivity index (χ4v) is 2.30. The molecule has 3 aromatic rings. The van der Waals surface area contributed by atoms with Gasteiger partial charge in [0.05, 0.1) is 18.5 Å². The van der Waals surface area contributed by atoms with Crippen LogP contribution in [-0.2, 0) is 9.53 Å². The normalized spacial score (nSPS) is 11.1. The first-order valence-electron chi connectivity index (χ1n) is 8.34. The van der Waals surface area contributed by atoms with E-state index < -0.39 is 5.97 Å². The van der Waals surface area contributed by atoms with Crippen LogP contribution in [0.5, 0.6) is 11.5 Å². The maximum Gasteiger partial charge on any atom is 0.332 e. The second-order valence-electron chi connectivity index (χ2n) is 6.06. The predicted octanol–water partition coefficient (Wildman–Crippen LogP) is 3.26. The Hall–Kier alpha value is -3.55. The summed E-state index contributed by atoms with van der Waals surface area (Å²) in [4.78, 5) is 23.7. The molecule has 0 saturated heterocycles. The molecule has 0 aliphatic heterocycles. The lowest BCUT2D eigenvalue weighted by Crippen LogP contribution is -2.08.